The molecule has 1 heterocycles. The van der Waals surface area contributed by atoms with E-state index in [9.17, 15) is 9.59 Å². The summed E-state index contributed by atoms with van der Waals surface area (Å²) in [7, 11) is 0. The number of thiazole rings is 1. The van der Waals surface area contributed by atoms with E-state index in [1.165, 1.54) is 11.3 Å². The maximum absolute atomic E-state index is 12.4. The summed E-state index contributed by atoms with van der Waals surface area (Å²) in [6.45, 7) is 1.41. The fraction of sp³-hybridized carbons (Fsp3) is 0.105. The Morgan fingerprint density at radius 3 is 2.54 bits per heavy atom. The lowest BCUT2D eigenvalue weighted by Gasteiger charge is -2.08. The molecule has 3 rings (SSSR count). The minimum absolute atomic E-state index is 0.374. The summed E-state index contributed by atoms with van der Waals surface area (Å²) in [5.41, 5.74) is 1.85. The predicted octanol–water partition coefficient (Wildman–Crippen LogP) is 4.57. The SMILES string of the molecule is Cc1nc(-c2ccccc2)c(C(=O)OCC(=O)Nc2ccccc2Cl)s1. The molecule has 0 bridgehead atoms. The van der Waals surface area contributed by atoms with Crippen molar-refractivity contribution in [2.45, 2.75) is 6.92 Å². The van der Waals surface area contributed by atoms with E-state index < -0.39 is 18.5 Å². The Bertz CT molecular complexity index is 941. The number of anilines is 1. The highest BCUT2D eigenvalue weighted by Gasteiger charge is 2.20. The molecule has 0 unspecified atom stereocenters. The Balaban J connectivity index is 1.68. The molecule has 1 N–H and O–H groups in total. The van der Waals surface area contributed by atoms with Gasteiger partial charge in [-0.15, -0.1) is 11.3 Å². The van der Waals surface area contributed by atoms with E-state index >= 15 is 0 Å². The number of hydrogen-bond acceptors (Lipinski definition) is 5. The molecule has 0 fully saturated rings. The van der Waals surface area contributed by atoms with E-state index in [2.05, 4.69) is 10.3 Å². The van der Waals surface area contributed by atoms with Crippen LogP contribution in [0, 0.1) is 6.92 Å². The third-order valence-corrected chi connectivity index (χ3v) is 4.73. The number of nitrogens with one attached hydrogen (secondary N) is 1. The Hall–Kier alpha value is -2.70. The zero-order valence-corrected chi connectivity index (χ0v) is 15.4. The number of esters is 1. The normalized spacial score (nSPS) is 10.4. The van der Waals surface area contributed by atoms with Crippen molar-refractivity contribution in [2.75, 3.05) is 11.9 Å². The molecule has 0 saturated carbocycles. The molecule has 0 atom stereocenters. The van der Waals surface area contributed by atoms with Crippen LogP contribution >= 0.6 is 22.9 Å². The van der Waals surface area contributed by atoms with Gasteiger partial charge in [0.15, 0.2) is 6.61 Å². The Labute approximate surface area is 159 Å². The number of amides is 1. The van der Waals surface area contributed by atoms with Crippen molar-refractivity contribution in [2.24, 2.45) is 0 Å². The highest BCUT2D eigenvalue weighted by Crippen LogP contribution is 2.28. The fourth-order valence-corrected chi connectivity index (χ4v) is 3.32. The third kappa shape index (κ3) is 4.28. The van der Waals surface area contributed by atoms with Gasteiger partial charge in [0.1, 0.15) is 4.88 Å². The molecule has 26 heavy (non-hydrogen) atoms. The highest BCUT2D eigenvalue weighted by atomic mass is 35.5. The van der Waals surface area contributed by atoms with Crippen LogP contribution in [-0.2, 0) is 9.53 Å². The summed E-state index contributed by atoms with van der Waals surface area (Å²) in [6, 6.07) is 16.2. The lowest BCUT2D eigenvalue weighted by molar-refractivity contribution is -0.119. The van der Waals surface area contributed by atoms with Crippen molar-refractivity contribution >= 4 is 40.5 Å². The summed E-state index contributed by atoms with van der Waals surface area (Å²) >= 11 is 7.23. The van der Waals surface area contributed by atoms with E-state index in [4.69, 9.17) is 16.3 Å². The Morgan fingerprint density at radius 2 is 1.81 bits per heavy atom. The molecular formula is C19H15ClN2O3S. The Morgan fingerprint density at radius 1 is 1.12 bits per heavy atom. The molecule has 0 radical (unpaired) electrons. The molecule has 0 spiro atoms. The van der Waals surface area contributed by atoms with Gasteiger partial charge in [-0.25, -0.2) is 9.78 Å². The first-order chi connectivity index (χ1) is 12.5. The monoisotopic (exact) mass is 386 g/mol. The minimum Gasteiger partial charge on any atom is -0.451 e. The van der Waals surface area contributed by atoms with Gasteiger partial charge in [-0.3, -0.25) is 4.79 Å². The summed E-state index contributed by atoms with van der Waals surface area (Å²) in [5.74, 6) is -1.04. The smallest absolute Gasteiger partial charge is 0.351 e. The van der Waals surface area contributed by atoms with Crippen molar-refractivity contribution in [3.8, 4) is 11.3 Å². The number of nitrogens with zero attached hydrogens (tertiary/aromatic N) is 1. The second kappa shape index (κ2) is 8.12. The second-order valence-corrected chi connectivity index (χ2v) is 6.99. The summed E-state index contributed by atoms with van der Waals surface area (Å²) < 4.78 is 5.15. The van der Waals surface area contributed by atoms with Crippen LogP contribution in [0.25, 0.3) is 11.3 Å². The van der Waals surface area contributed by atoms with Gasteiger partial charge >= 0.3 is 5.97 Å². The standard InChI is InChI=1S/C19H15ClN2O3S/c1-12-21-17(13-7-3-2-4-8-13)18(26-12)19(24)25-11-16(23)22-15-10-6-5-9-14(15)20/h2-10H,11H2,1H3,(H,22,23). The lowest BCUT2D eigenvalue weighted by Crippen LogP contribution is -2.21. The molecule has 2 aromatic carbocycles. The van der Waals surface area contributed by atoms with Crippen LogP contribution in [0.3, 0.4) is 0 Å². The van der Waals surface area contributed by atoms with Crippen LogP contribution in [0.2, 0.25) is 5.02 Å². The molecule has 1 aromatic heterocycles. The maximum Gasteiger partial charge on any atom is 0.351 e. The van der Waals surface area contributed by atoms with Gasteiger partial charge in [-0.1, -0.05) is 54.1 Å². The van der Waals surface area contributed by atoms with Crippen LogP contribution in [0.1, 0.15) is 14.7 Å². The van der Waals surface area contributed by atoms with Gasteiger partial charge in [-0.2, -0.15) is 0 Å². The summed E-state index contributed by atoms with van der Waals surface area (Å²) in [6.07, 6.45) is 0. The molecule has 3 aromatic rings. The molecule has 5 nitrogen and oxygen atoms in total. The number of halogens is 1. The van der Waals surface area contributed by atoms with Crippen molar-refractivity contribution in [1.82, 2.24) is 4.98 Å². The number of aryl methyl sites for hydroxylation is 1. The second-order valence-electron chi connectivity index (χ2n) is 5.38. The number of para-hydroxylation sites is 1. The number of hydrogen-bond donors (Lipinski definition) is 1. The first-order valence-corrected chi connectivity index (χ1v) is 8.98. The molecule has 7 heteroatoms. The fourth-order valence-electron chi connectivity index (χ4n) is 2.30. The Kier molecular flexibility index (Phi) is 5.65. The van der Waals surface area contributed by atoms with Crippen molar-refractivity contribution < 1.29 is 14.3 Å². The van der Waals surface area contributed by atoms with E-state index in [0.717, 1.165) is 10.6 Å². The van der Waals surface area contributed by atoms with Gasteiger partial charge in [0.05, 0.1) is 21.4 Å². The van der Waals surface area contributed by atoms with E-state index in [1.807, 2.05) is 37.3 Å². The topological polar surface area (TPSA) is 68.3 Å². The molecule has 0 aliphatic heterocycles. The largest absolute Gasteiger partial charge is 0.451 e. The number of carbonyl (C=O) groups is 2. The van der Waals surface area contributed by atoms with E-state index in [-0.39, 0.29) is 0 Å². The first kappa shape index (κ1) is 18.1. The van der Waals surface area contributed by atoms with Crippen LogP contribution in [0.5, 0.6) is 0 Å². The van der Waals surface area contributed by atoms with Crippen LogP contribution in [0.15, 0.2) is 54.6 Å². The quantitative estimate of drug-likeness (QED) is 0.652. The number of ether oxygens (including phenoxy) is 1. The average molecular weight is 387 g/mol. The summed E-state index contributed by atoms with van der Waals surface area (Å²) in [5, 5.41) is 3.77. The average Bonchev–Trinajstić information content (AvgIpc) is 3.04. The van der Waals surface area contributed by atoms with E-state index in [1.54, 1.807) is 24.3 Å². The van der Waals surface area contributed by atoms with Crippen molar-refractivity contribution in [3.05, 3.63) is 69.5 Å². The highest BCUT2D eigenvalue weighted by molar-refractivity contribution is 7.14. The molecule has 132 valence electrons. The summed E-state index contributed by atoms with van der Waals surface area (Å²) in [4.78, 5) is 29.2. The lowest BCUT2D eigenvalue weighted by atomic mass is 10.1. The van der Waals surface area contributed by atoms with Gasteiger partial charge in [0, 0.05) is 5.56 Å². The number of rotatable bonds is 5. The van der Waals surface area contributed by atoms with Gasteiger partial charge in [0.25, 0.3) is 5.91 Å². The number of carbonyl (C=O) groups excluding carboxylic acids is 2. The van der Waals surface area contributed by atoms with Gasteiger partial charge < -0.3 is 10.1 Å². The zero-order valence-electron chi connectivity index (χ0n) is 13.9. The molecule has 0 aliphatic carbocycles. The molecule has 1 amide bonds. The van der Waals surface area contributed by atoms with Gasteiger partial charge in [-0.05, 0) is 19.1 Å². The number of benzene rings is 2. The zero-order chi connectivity index (χ0) is 18.5. The molecular weight excluding hydrogens is 372 g/mol. The van der Waals surface area contributed by atoms with E-state index in [0.29, 0.717) is 21.3 Å². The van der Waals surface area contributed by atoms with Crippen molar-refractivity contribution in [1.29, 1.82) is 0 Å². The van der Waals surface area contributed by atoms with Crippen LogP contribution < -0.4 is 5.32 Å². The maximum atomic E-state index is 12.4. The number of aromatic nitrogens is 1. The molecule has 0 aliphatic rings. The van der Waals surface area contributed by atoms with Crippen LogP contribution in [0.4, 0.5) is 5.69 Å². The minimum atomic E-state index is -0.580. The van der Waals surface area contributed by atoms with Crippen LogP contribution in [-0.4, -0.2) is 23.5 Å². The third-order valence-electron chi connectivity index (χ3n) is 3.45. The predicted molar refractivity (Wildman–Crippen MR) is 103 cm³/mol. The van der Waals surface area contributed by atoms with Crippen molar-refractivity contribution in [3.63, 3.8) is 0 Å². The molecule has 0 saturated heterocycles. The first-order valence-electron chi connectivity index (χ1n) is 7.79. The van der Waals surface area contributed by atoms with Gasteiger partial charge in [0.2, 0.25) is 0 Å².